The third-order valence-electron chi connectivity index (χ3n) is 1.62. The number of rotatable bonds is 3. The number of ether oxygens (including phenoxy) is 1. The Kier molecular flexibility index (Phi) is 5.13. The topological polar surface area (TPSA) is 66.8 Å². The quantitative estimate of drug-likeness (QED) is 0.443. The van der Waals surface area contributed by atoms with Crippen molar-refractivity contribution in [3.05, 3.63) is 35.6 Å². The van der Waals surface area contributed by atoms with Crippen LogP contribution in [-0.2, 0) is 9.53 Å². The number of methoxy groups -OCH3 is 1. The predicted molar refractivity (Wildman–Crippen MR) is 58.7 cm³/mol. The molecular weight excluding hydrogens is 193 g/mol. The van der Waals surface area contributed by atoms with Gasteiger partial charge in [-0.25, -0.2) is 4.79 Å². The number of benzene rings is 1. The Morgan fingerprint density at radius 3 is 2.33 bits per heavy atom. The summed E-state index contributed by atoms with van der Waals surface area (Å²) in [5.41, 5.74) is 0.655. The minimum atomic E-state index is -1.12. The number of hydrogen-bond acceptors (Lipinski definition) is 3. The standard InChI is InChI=1S/C10H10O4.Be.2H/c1-14-9(10(12)13)6-7-2-4-8(11)5-3-7;;;/h2-6,11H,1H3,(H,12,13);;;/q;+2;2*-1. The Balaban J connectivity index is -0.000000653. The summed E-state index contributed by atoms with van der Waals surface area (Å²) in [6.07, 6.45) is 1.38. The van der Waals surface area contributed by atoms with E-state index in [1.54, 1.807) is 12.1 Å². The molecule has 0 aliphatic carbocycles. The van der Waals surface area contributed by atoms with Gasteiger partial charge >= 0.3 is 16.1 Å². The number of carboxylic acid groups (broad SMARTS) is 1. The van der Waals surface area contributed by atoms with E-state index in [0.717, 1.165) is 0 Å². The SMILES string of the molecule is COC(=Cc1ccc(O)cc1)C(=O)O.[Be+2].[H-].[H-]. The van der Waals surface area contributed by atoms with E-state index in [1.165, 1.54) is 25.3 Å². The maximum absolute atomic E-state index is 10.6. The van der Waals surface area contributed by atoms with Crippen molar-refractivity contribution in [3.8, 4) is 5.75 Å². The fraction of sp³-hybridized carbons (Fsp3) is 0.100. The Morgan fingerprint density at radius 2 is 1.93 bits per heavy atom. The first kappa shape index (κ1) is 13.2. The van der Waals surface area contributed by atoms with E-state index in [0.29, 0.717) is 5.56 Å². The normalized spacial score (nSPS) is 10.3. The fourth-order valence-electron chi connectivity index (χ4n) is 0.930. The average Bonchev–Trinajstić information content (AvgIpc) is 2.16. The van der Waals surface area contributed by atoms with Crippen LogP contribution in [0.3, 0.4) is 0 Å². The van der Waals surface area contributed by atoms with E-state index in [-0.39, 0.29) is 24.5 Å². The molecule has 5 heteroatoms. The molecule has 0 fully saturated rings. The molecule has 0 amide bonds. The van der Waals surface area contributed by atoms with Gasteiger partial charge in [0.15, 0.2) is 0 Å². The summed E-state index contributed by atoms with van der Waals surface area (Å²) in [5, 5.41) is 17.6. The molecule has 0 spiro atoms. The zero-order valence-corrected chi connectivity index (χ0v) is 8.30. The van der Waals surface area contributed by atoms with E-state index in [4.69, 9.17) is 10.2 Å². The molecule has 15 heavy (non-hydrogen) atoms. The second kappa shape index (κ2) is 5.83. The van der Waals surface area contributed by atoms with Crippen LogP contribution in [0.15, 0.2) is 30.0 Å². The van der Waals surface area contributed by atoms with Gasteiger partial charge in [0.25, 0.3) is 0 Å². The van der Waals surface area contributed by atoms with Crippen LogP contribution >= 0.6 is 0 Å². The third-order valence-corrected chi connectivity index (χ3v) is 1.62. The van der Waals surface area contributed by atoms with Crippen LogP contribution in [0.25, 0.3) is 6.08 Å². The second-order valence-electron chi connectivity index (χ2n) is 2.61. The van der Waals surface area contributed by atoms with Crippen LogP contribution in [0.5, 0.6) is 5.75 Å². The molecule has 0 unspecified atom stereocenters. The van der Waals surface area contributed by atoms with Gasteiger partial charge in [-0.05, 0) is 23.8 Å². The van der Waals surface area contributed by atoms with Crippen molar-refractivity contribution in [2.75, 3.05) is 7.11 Å². The smallest absolute Gasteiger partial charge is 1.00 e. The van der Waals surface area contributed by atoms with Crippen LogP contribution in [0.2, 0.25) is 0 Å². The number of phenolic OH excluding ortho intramolecular Hbond substituents is 1. The molecule has 0 heterocycles. The van der Waals surface area contributed by atoms with Gasteiger partial charge in [0.2, 0.25) is 5.76 Å². The van der Waals surface area contributed by atoms with E-state index in [2.05, 4.69) is 4.74 Å². The van der Waals surface area contributed by atoms with Crippen LogP contribution in [0.1, 0.15) is 8.42 Å². The molecule has 0 aliphatic rings. The minimum Gasteiger partial charge on any atom is -1.00 e. The van der Waals surface area contributed by atoms with E-state index >= 15 is 0 Å². The minimum absolute atomic E-state index is 0. The molecule has 0 saturated carbocycles. The summed E-state index contributed by atoms with van der Waals surface area (Å²) in [6, 6.07) is 6.14. The van der Waals surface area contributed by atoms with Crippen LogP contribution in [-0.4, -0.2) is 33.4 Å². The van der Waals surface area contributed by atoms with Crippen molar-refractivity contribution in [3.63, 3.8) is 0 Å². The van der Waals surface area contributed by atoms with Gasteiger partial charge in [0, 0.05) is 0 Å². The van der Waals surface area contributed by atoms with E-state index < -0.39 is 5.97 Å². The summed E-state index contributed by atoms with van der Waals surface area (Å²) >= 11 is 0. The van der Waals surface area contributed by atoms with Crippen molar-refractivity contribution in [2.24, 2.45) is 0 Å². The second-order valence-corrected chi connectivity index (χ2v) is 2.61. The average molecular weight is 205 g/mol. The van der Waals surface area contributed by atoms with Crippen molar-refractivity contribution in [1.29, 1.82) is 0 Å². The number of carbonyl (C=O) groups is 1. The van der Waals surface area contributed by atoms with Gasteiger partial charge in [0.05, 0.1) is 7.11 Å². The molecule has 0 radical (unpaired) electrons. The molecule has 1 rings (SSSR count). The summed E-state index contributed by atoms with van der Waals surface area (Å²) in [4.78, 5) is 10.6. The maximum atomic E-state index is 10.6. The van der Waals surface area contributed by atoms with Crippen molar-refractivity contribution in [1.82, 2.24) is 0 Å². The van der Waals surface area contributed by atoms with Gasteiger partial charge in [-0.15, -0.1) is 0 Å². The summed E-state index contributed by atoms with van der Waals surface area (Å²) < 4.78 is 4.64. The monoisotopic (exact) mass is 205 g/mol. The molecule has 1 aromatic carbocycles. The van der Waals surface area contributed by atoms with Crippen molar-refractivity contribution >= 4 is 22.2 Å². The molecule has 78 valence electrons. The zero-order valence-electron chi connectivity index (χ0n) is 10.3. The summed E-state index contributed by atoms with van der Waals surface area (Å²) in [6.45, 7) is 0. The Labute approximate surface area is 94.0 Å². The fourth-order valence-corrected chi connectivity index (χ4v) is 0.930. The zero-order chi connectivity index (χ0) is 10.6. The molecule has 0 aliphatic heterocycles. The largest absolute Gasteiger partial charge is 2.00 e. The molecule has 0 aromatic heterocycles. The third kappa shape index (κ3) is 3.83. The van der Waals surface area contributed by atoms with Crippen LogP contribution < -0.4 is 0 Å². The number of carboxylic acids is 1. The first-order valence-corrected chi connectivity index (χ1v) is 3.91. The predicted octanol–water partition coefficient (Wildman–Crippen LogP) is 1.31. The van der Waals surface area contributed by atoms with E-state index in [1.807, 2.05) is 0 Å². The summed E-state index contributed by atoms with van der Waals surface area (Å²) in [7, 11) is 1.29. The Morgan fingerprint density at radius 1 is 1.40 bits per heavy atom. The van der Waals surface area contributed by atoms with Gasteiger partial charge in [-0.3, -0.25) is 0 Å². The van der Waals surface area contributed by atoms with Crippen molar-refractivity contribution < 1.29 is 22.6 Å². The first-order chi connectivity index (χ1) is 6.63. The number of hydrogen-bond donors (Lipinski definition) is 2. The molecular formula is C10H12BeO4. The van der Waals surface area contributed by atoms with Crippen molar-refractivity contribution in [2.45, 2.75) is 0 Å². The Hall–Kier alpha value is -1.80. The first-order valence-electron chi connectivity index (χ1n) is 3.91. The molecule has 0 saturated heterocycles. The van der Waals surface area contributed by atoms with Gasteiger partial charge in [-0.1, -0.05) is 12.1 Å². The van der Waals surface area contributed by atoms with Gasteiger partial charge in [-0.2, -0.15) is 0 Å². The number of aliphatic carboxylic acids is 1. The maximum Gasteiger partial charge on any atom is 2.00 e. The molecule has 0 atom stereocenters. The molecule has 2 N–H and O–H groups in total. The van der Waals surface area contributed by atoms with Crippen LogP contribution in [0, 0.1) is 0 Å². The Bertz CT molecular complexity index is 365. The number of phenols is 1. The van der Waals surface area contributed by atoms with Gasteiger partial charge in [0.1, 0.15) is 5.75 Å². The molecule has 4 nitrogen and oxygen atoms in total. The molecule has 1 aromatic rings. The molecule has 0 bridgehead atoms. The van der Waals surface area contributed by atoms with Gasteiger partial charge < -0.3 is 17.8 Å². The van der Waals surface area contributed by atoms with Crippen LogP contribution in [0.4, 0.5) is 0 Å². The van der Waals surface area contributed by atoms with E-state index in [9.17, 15) is 4.79 Å². The summed E-state index contributed by atoms with van der Waals surface area (Å²) in [5.74, 6) is -1.13. The number of aromatic hydroxyl groups is 1.